The van der Waals surface area contributed by atoms with Crippen molar-refractivity contribution >= 4 is 43.4 Å². The molecule has 0 aliphatic carbocycles. The van der Waals surface area contributed by atoms with Crippen LogP contribution < -0.4 is 4.90 Å². The molecule has 0 saturated carbocycles. The number of anilines is 1. The number of fused-ring (bicyclic) bond motifs is 2. The van der Waals surface area contributed by atoms with Crippen molar-refractivity contribution < 1.29 is 22.4 Å². The van der Waals surface area contributed by atoms with Gasteiger partial charge in [-0.1, -0.05) is 56.6 Å². The molecule has 0 bridgehead atoms. The van der Waals surface area contributed by atoms with Crippen LogP contribution >= 0.6 is 31.8 Å². The van der Waals surface area contributed by atoms with Crippen LogP contribution in [0.5, 0.6) is 0 Å². The normalized spacial score (nSPS) is 18.0. The van der Waals surface area contributed by atoms with E-state index in [0.717, 1.165) is 54.8 Å². The van der Waals surface area contributed by atoms with E-state index >= 15 is 0 Å². The lowest BCUT2D eigenvalue weighted by atomic mass is 9.86. The number of rotatable bonds is 7. The third-order valence-electron chi connectivity index (χ3n) is 8.76. The highest BCUT2D eigenvalue weighted by atomic mass is 35.5. The maximum absolute atomic E-state index is 14.4. The molecule has 1 spiro atoms. The fourth-order valence-corrected chi connectivity index (χ4v) is 8.20. The Morgan fingerprint density at radius 2 is 1.80 bits per heavy atom. The van der Waals surface area contributed by atoms with Gasteiger partial charge in [-0.15, -0.1) is 0 Å². The second-order valence-electron chi connectivity index (χ2n) is 11.6. The highest BCUT2D eigenvalue weighted by Crippen LogP contribution is 2.59. The molecule has 2 aliphatic heterocycles. The van der Waals surface area contributed by atoms with Gasteiger partial charge in [0.1, 0.15) is 5.82 Å². The number of likely N-dealkylation sites (N-methyl/N-ethyl adjacent to an activating group) is 1. The van der Waals surface area contributed by atoms with Gasteiger partial charge >= 0.3 is 6.18 Å². The molecule has 2 heterocycles. The number of nitrogens with zero attached hydrogens (tertiary/aromatic N) is 3. The van der Waals surface area contributed by atoms with Gasteiger partial charge in [-0.05, 0) is 98.1 Å². The second kappa shape index (κ2) is 13.0. The fraction of sp³-hybridized carbons (Fsp3) is 0.364. The number of alkyl halides is 3. The third kappa shape index (κ3) is 6.94. The monoisotopic (exact) mass is 665 g/mol. The molecule has 2 aliphatic rings. The zero-order chi connectivity index (χ0) is 31.8. The van der Waals surface area contributed by atoms with Crippen molar-refractivity contribution in [3.63, 3.8) is 0 Å². The maximum Gasteiger partial charge on any atom is 0.416 e. The molecular formula is C33H34Cl2F4N3OP. The first-order chi connectivity index (χ1) is 20.8. The Kier molecular flexibility index (Phi) is 9.67. The minimum atomic E-state index is -4.47. The molecule has 44 heavy (non-hydrogen) atoms. The van der Waals surface area contributed by atoms with Crippen molar-refractivity contribution in [1.82, 2.24) is 9.80 Å². The van der Waals surface area contributed by atoms with E-state index < -0.39 is 17.7 Å². The fourth-order valence-electron chi connectivity index (χ4n) is 6.25. The summed E-state index contributed by atoms with van der Waals surface area (Å²) in [4.78, 5) is 19.7. The predicted octanol–water partition coefficient (Wildman–Crippen LogP) is 8.87. The van der Waals surface area contributed by atoms with Crippen molar-refractivity contribution in [2.75, 3.05) is 38.6 Å². The number of benzene rings is 3. The smallest absolute Gasteiger partial charge is 0.345 e. The first kappa shape index (κ1) is 32.7. The van der Waals surface area contributed by atoms with Crippen molar-refractivity contribution in [3.8, 4) is 0 Å². The minimum Gasteiger partial charge on any atom is -0.345 e. The highest BCUT2D eigenvalue weighted by Gasteiger charge is 2.42. The zero-order valence-electron chi connectivity index (χ0n) is 24.5. The summed E-state index contributed by atoms with van der Waals surface area (Å²) >= 11 is 12.5. The summed E-state index contributed by atoms with van der Waals surface area (Å²) in [5.74, 6) is -1.03. The quantitative estimate of drug-likeness (QED) is 0.186. The van der Waals surface area contributed by atoms with Gasteiger partial charge in [0.2, 0.25) is 5.91 Å². The number of piperidine rings is 1. The Morgan fingerprint density at radius 1 is 1.07 bits per heavy atom. The lowest BCUT2D eigenvalue weighted by Crippen LogP contribution is -2.44. The molecule has 2 unspecified atom stereocenters. The standard InChI is InChI=1S/C33H34Cl2F4N3OP/c1-21-41(3)30-10-8-25(36)19-27(30)32(44-21)12-15-42(16-13-32)14-11-26(23-7-9-28(34)29(35)18-23)31(43)40(2)20-22-5-4-6-24(17-22)33(37,38)39/h4-10,17-19,26,44H,1,11-16,20H2,2-3H3. The van der Waals surface area contributed by atoms with Crippen molar-refractivity contribution in [2.24, 2.45) is 0 Å². The number of amides is 1. The number of carbonyl (C=O) groups excluding carboxylic acids is 1. The Hall–Kier alpha value is -2.64. The van der Waals surface area contributed by atoms with Crippen LogP contribution in [0, 0.1) is 5.82 Å². The number of halogens is 6. The van der Waals surface area contributed by atoms with Crippen LogP contribution in [0.1, 0.15) is 47.4 Å². The van der Waals surface area contributed by atoms with Crippen LogP contribution in [-0.2, 0) is 22.7 Å². The van der Waals surface area contributed by atoms with Crippen LogP contribution in [0.15, 0.2) is 72.7 Å². The minimum absolute atomic E-state index is 0.0298. The molecule has 1 amide bonds. The molecule has 3 aromatic rings. The molecule has 0 radical (unpaired) electrons. The molecule has 3 aromatic carbocycles. The van der Waals surface area contributed by atoms with Crippen molar-refractivity contribution in [1.29, 1.82) is 0 Å². The van der Waals surface area contributed by atoms with Crippen LogP contribution in [0.2, 0.25) is 10.0 Å². The van der Waals surface area contributed by atoms with E-state index in [1.54, 1.807) is 37.4 Å². The lowest BCUT2D eigenvalue weighted by Gasteiger charge is -2.48. The summed E-state index contributed by atoms with van der Waals surface area (Å²) in [7, 11) is 4.02. The summed E-state index contributed by atoms with van der Waals surface area (Å²) in [6, 6.07) is 15.1. The van der Waals surface area contributed by atoms with E-state index in [-0.39, 0.29) is 23.4 Å². The number of hydrogen-bond donors (Lipinski definition) is 0. The molecule has 2 atom stereocenters. The van der Waals surface area contributed by atoms with Gasteiger partial charge in [0, 0.05) is 36.9 Å². The molecule has 1 saturated heterocycles. The average Bonchev–Trinajstić information content (AvgIpc) is 2.98. The molecule has 1 fully saturated rings. The van der Waals surface area contributed by atoms with Crippen molar-refractivity contribution in [3.05, 3.63) is 111 Å². The lowest BCUT2D eigenvalue weighted by molar-refractivity contribution is -0.137. The van der Waals surface area contributed by atoms with Crippen LogP contribution in [0.3, 0.4) is 0 Å². The number of hydrogen-bond acceptors (Lipinski definition) is 3. The van der Waals surface area contributed by atoms with E-state index in [4.69, 9.17) is 23.2 Å². The van der Waals surface area contributed by atoms with Gasteiger partial charge < -0.3 is 14.7 Å². The highest BCUT2D eigenvalue weighted by molar-refractivity contribution is 7.45. The second-order valence-corrected chi connectivity index (χ2v) is 14.2. The first-order valence-electron chi connectivity index (χ1n) is 14.4. The summed E-state index contributed by atoms with van der Waals surface area (Å²) in [5.41, 5.74) is 3.40. The number of likely N-dealkylation sites (tertiary alicyclic amines) is 1. The third-order valence-corrected chi connectivity index (χ3v) is 11.4. The molecule has 0 N–H and O–H groups in total. The largest absolute Gasteiger partial charge is 0.416 e. The molecule has 11 heteroatoms. The Balaban J connectivity index is 1.31. The molecular weight excluding hydrogens is 632 g/mol. The summed E-state index contributed by atoms with van der Waals surface area (Å²) < 4.78 is 54.2. The molecule has 0 aromatic heterocycles. The molecule has 5 rings (SSSR count). The zero-order valence-corrected chi connectivity index (χ0v) is 27.0. The first-order valence-corrected chi connectivity index (χ1v) is 16.1. The van der Waals surface area contributed by atoms with E-state index in [1.165, 1.54) is 17.0 Å². The summed E-state index contributed by atoms with van der Waals surface area (Å²) in [5, 5.41) is 0.538. The number of carbonyl (C=O) groups is 1. The topological polar surface area (TPSA) is 26.8 Å². The average molecular weight is 667 g/mol. The van der Waals surface area contributed by atoms with Crippen LogP contribution in [0.25, 0.3) is 0 Å². The van der Waals surface area contributed by atoms with Gasteiger partial charge in [0.15, 0.2) is 0 Å². The van der Waals surface area contributed by atoms with E-state index in [9.17, 15) is 22.4 Å². The van der Waals surface area contributed by atoms with E-state index in [1.807, 2.05) is 18.0 Å². The predicted molar refractivity (Wildman–Crippen MR) is 171 cm³/mol. The summed E-state index contributed by atoms with van der Waals surface area (Å²) in [6.45, 7) is 6.51. The molecule has 4 nitrogen and oxygen atoms in total. The SMILES string of the molecule is C=C1PC2(CCN(CCC(C(=O)N(C)Cc3cccc(C(F)(F)F)c3)c3ccc(Cl)c(Cl)c3)CC2)c2cc(F)ccc2N1C. The van der Waals surface area contributed by atoms with Gasteiger partial charge in [-0.2, -0.15) is 13.2 Å². The molecule has 234 valence electrons. The summed E-state index contributed by atoms with van der Waals surface area (Å²) in [6.07, 6.45) is -2.30. The van der Waals surface area contributed by atoms with E-state index in [0.29, 0.717) is 42.7 Å². The van der Waals surface area contributed by atoms with Gasteiger partial charge in [-0.3, -0.25) is 4.79 Å². The van der Waals surface area contributed by atoms with Gasteiger partial charge in [0.05, 0.1) is 21.5 Å². The van der Waals surface area contributed by atoms with Gasteiger partial charge in [0.25, 0.3) is 0 Å². The van der Waals surface area contributed by atoms with Crippen LogP contribution in [0.4, 0.5) is 23.2 Å². The maximum atomic E-state index is 14.4. The van der Waals surface area contributed by atoms with E-state index in [2.05, 4.69) is 11.5 Å². The Morgan fingerprint density at radius 3 is 2.48 bits per heavy atom. The van der Waals surface area contributed by atoms with Crippen LogP contribution in [-0.4, -0.2) is 49.4 Å². The Bertz CT molecular complexity index is 1560. The Labute approximate surface area is 267 Å². The van der Waals surface area contributed by atoms with Crippen molar-refractivity contribution in [2.45, 2.75) is 43.1 Å². The van der Waals surface area contributed by atoms with Gasteiger partial charge in [-0.25, -0.2) is 4.39 Å².